The number of nitrogens with zero attached hydrogens (tertiary/aromatic N) is 1. The van der Waals surface area contributed by atoms with Crippen LogP contribution in [0.1, 0.15) is 50.8 Å². The van der Waals surface area contributed by atoms with Gasteiger partial charge in [0.15, 0.2) is 0 Å². The average molecular weight is 224 g/mol. The molecule has 0 aromatic carbocycles. The molecule has 16 heavy (non-hydrogen) atoms. The minimum absolute atomic E-state index is 0. The quantitative estimate of drug-likeness (QED) is 0.805. The molecule has 0 aliphatic heterocycles. The van der Waals surface area contributed by atoms with E-state index in [0.29, 0.717) is 11.6 Å². The van der Waals surface area contributed by atoms with E-state index >= 15 is 0 Å². The number of hydrogen-bond donors (Lipinski definition) is 1. The number of allylic oxidation sites excluding steroid dienone is 1. The molecule has 1 aromatic rings. The Morgan fingerprint density at radius 3 is 2.38 bits per heavy atom. The number of pyridine rings is 1. The first kappa shape index (κ1) is 14.8. The maximum atomic E-state index is 13.0. The SMILES string of the molecule is C/C=C(\F)c1ccc(C2CC2)cn1.CC.N. The zero-order valence-electron chi connectivity index (χ0n) is 10.3. The van der Waals surface area contributed by atoms with Gasteiger partial charge in [-0.1, -0.05) is 19.9 Å². The summed E-state index contributed by atoms with van der Waals surface area (Å²) in [7, 11) is 0. The second-order valence-corrected chi connectivity index (χ2v) is 3.39. The lowest BCUT2D eigenvalue weighted by Gasteiger charge is -1.99. The molecular weight excluding hydrogens is 203 g/mol. The Labute approximate surface area is 97.2 Å². The van der Waals surface area contributed by atoms with Crippen molar-refractivity contribution in [2.45, 2.75) is 39.5 Å². The third kappa shape index (κ3) is 3.74. The van der Waals surface area contributed by atoms with Crippen molar-refractivity contribution in [1.29, 1.82) is 0 Å². The fourth-order valence-electron chi connectivity index (χ4n) is 1.35. The smallest absolute Gasteiger partial charge is 0.144 e. The van der Waals surface area contributed by atoms with Crippen molar-refractivity contribution in [2.24, 2.45) is 0 Å². The molecule has 2 rings (SSSR count). The predicted octanol–water partition coefficient (Wildman–Crippen LogP) is 4.48. The van der Waals surface area contributed by atoms with Gasteiger partial charge in [0.2, 0.25) is 0 Å². The summed E-state index contributed by atoms with van der Waals surface area (Å²) in [4.78, 5) is 4.07. The monoisotopic (exact) mass is 224 g/mol. The van der Waals surface area contributed by atoms with E-state index in [1.807, 2.05) is 19.9 Å². The van der Waals surface area contributed by atoms with Crippen LogP contribution in [0.25, 0.3) is 5.83 Å². The van der Waals surface area contributed by atoms with E-state index in [9.17, 15) is 4.39 Å². The van der Waals surface area contributed by atoms with Gasteiger partial charge >= 0.3 is 0 Å². The van der Waals surface area contributed by atoms with Crippen LogP contribution in [-0.4, -0.2) is 4.98 Å². The number of hydrogen-bond acceptors (Lipinski definition) is 2. The zero-order chi connectivity index (χ0) is 11.3. The van der Waals surface area contributed by atoms with E-state index in [0.717, 1.165) is 0 Å². The van der Waals surface area contributed by atoms with Gasteiger partial charge in [-0.2, -0.15) is 0 Å². The van der Waals surface area contributed by atoms with Gasteiger partial charge in [-0.3, -0.25) is 4.98 Å². The Balaban J connectivity index is 0.000000711. The van der Waals surface area contributed by atoms with E-state index in [2.05, 4.69) is 4.98 Å². The lowest BCUT2D eigenvalue weighted by Crippen LogP contribution is -1.87. The number of halogens is 1. The molecule has 0 radical (unpaired) electrons. The highest BCUT2D eigenvalue weighted by molar-refractivity contribution is 5.54. The molecule has 0 saturated heterocycles. The van der Waals surface area contributed by atoms with Crippen molar-refractivity contribution in [3.05, 3.63) is 35.7 Å². The highest BCUT2D eigenvalue weighted by atomic mass is 19.1. The van der Waals surface area contributed by atoms with E-state index in [-0.39, 0.29) is 12.0 Å². The van der Waals surface area contributed by atoms with E-state index in [1.165, 1.54) is 24.5 Å². The summed E-state index contributed by atoms with van der Waals surface area (Å²) in [5.74, 6) is 0.442. The van der Waals surface area contributed by atoms with Gasteiger partial charge in [-0.05, 0) is 43.4 Å². The molecule has 0 spiro atoms. The molecule has 1 heterocycles. The highest BCUT2D eigenvalue weighted by Crippen LogP contribution is 2.39. The summed E-state index contributed by atoms with van der Waals surface area (Å²) < 4.78 is 13.0. The molecule has 0 amide bonds. The van der Waals surface area contributed by atoms with Crippen molar-refractivity contribution in [1.82, 2.24) is 11.1 Å². The Morgan fingerprint density at radius 2 is 2.00 bits per heavy atom. The summed E-state index contributed by atoms with van der Waals surface area (Å²) in [5, 5.41) is 0. The first-order valence-corrected chi connectivity index (χ1v) is 5.59. The molecule has 1 aliphatic rings. The topological polar surface area (TPSA) is 47.9 Å². The van der Waals surface area contributed by atoms with Crippen molar-refractivity contribution < 1.29 is 4.39 Å². The summed E-state index contributed by atoms with van der Waals surface area (Å²) in [5.41, 5.74) is 1.68. The van der Waals surface area contributed by atoms with E-state index in [1.54, 1.807) is 19.2 Å². The molecule has 0 bridgehead atoms. The normalized spacial score (nSPS) is 14.6. The first-order valence-electron chi connectivity index (χ1n) is 5.59. The number of aromatic nitrogens is 1. The van der Waals surface area contributed by atoms with Gasteiger partial charge in [0.1, 0.15) is 5.83 Å². The van der Waals surface area contributed by atoms with Crippen LogP contribution in [0.3, 0.4) is 0 Å². The Bertz CT molecular complexity index is 326. The molecule has 3 N–H and O–H groups in total. The molecule has 2 nitrogen and oxygen atoms in total. The van der Waals surface area contributed by atoms with Crippen LogP contribution >= 0.6 is 0 Å². The maximum Gasteiger partial charge on any atom is 0.144 e. The van der Waals surface area contributed by atoms with E-state index < -0.39 is 0 Å². The van der Waals surface area contributed by atoms with Crippen LogP contribution in [0, 0.1) is 0 Å². The average Bonchev–Trinajstić information content (AvgIpc) is 3.15. The van der Waals surface area contributed by atoms with Gasteiger partial charge in [0.05, 0.1) is 5.69 Å². The summed E-state index contributed by atoms with van der Waals surface area (Å²) in [6, 6.07) is 3.73. The van der Waals surface area contributed by atoms with Crippen LogP contribution in [0.2, 0.25) is 0 Å². The molecule has 1 saturated carbocycles. The minimum Gasteiger partial charge on any atom is -0.344 e. The van der Waals surface area contributed by atoms with Gasteiger partial charge < -0.3 is 6.15 Å². The van der Waals surface area contributed by atoms with Crippen molar-refractivity contribution in [3.8, 4) is 0 Å². The summed E-state index contributed by atoms with van der Waals surface area (Å²) >= 11 is 0. The Morgan fingerprint density at radius 1 is 1.38 bits per heavy atom. The zero-order valence-corrected chi connectivity index (χ0v) is 10.3. The van der Waals surface area contributed by atoms with Crippen LogP contribution in [0.15, 0.2) is 24.4 Å². The van der Waals surface area contributed by atoms with Gasteiger partial charge in [-0.15, -0.1) is 0 Å². The number of rotatable bonds is 2. The van der Waals surface area contributed by atoms with Crippen molar-refractivity contribution >= 4 is 5.83 Å². The van der Waals surface area contributed by atoms with Crippen LogP contribution in [-0.2, 0) is 0 Å². The maximum absolute atomic E-state index is 13.0. The second-order valence-electron chi connectivity index (χ2n) is 3.39. The first-order chi connectivity index (χ1) is 7.31. The Hall–Kier alpha value is -1.22. The van der Waals surface area contributed by atoms with Gasteiger partial charge in [-0.25, -0.2) is 4.39 Å². The molecule has 1 aliphatic carbocycles. The standard InChI is InChI=1S/C11H12FN.C2H6.H3N/c1-2-10(12)11-6-5-9(7-13-11)8-3-4-8;1-2;/h2,5-8H,3-4H2,1H3;1-2H3;1H3/b10-2-;;. The third-order valence-electron chi connectivity index (χ3n) is 2.33. The fourth-order valence-corrected chi connectivity index (χ4v) is 1.35. The fraction of sp³-hybridized carbons (Fsp3) is 0.462. The summed E-state index contributed by atoms with van der Waals surface area (Å²) in [6.45, 7) is 5.67. The molecular formula is C13H21FN2. The third-order valence-corrected chi connectivity index (χ3v) is 2.33. The Kier molecular flexibility index (Phi) is 6.58. The molecule has 0 atom stereocenters. The highest BCUT2D eigenvalue weighted by Gasteiger charge is 2.23. The van der Waals surface area contributed by atoms with Crippen molar-refractivity contribution in [3.63, 3.8) is 0 Å². The minimum atomic E-state index is -0.248. The molecule has 3 heteroatoms. The molecule has 1 aromatic heterocycles. The van der Waals surface area contributed by atoms with Crippen molar-refractivity contribution in [2.75, 3.05) is 0 Å². The van der Waals surface area contributed by atoms with Crippen LogP contribution in [0.5, 0.6) is 0 Å². The molecule has 1 fully saturated rings. The largest absolute Gasteiger partial charge is 0.344 e. The van der Waals surface area contributed by atoms with Gasteiger partial charge in [0.25, 0.3) is 0 Å². The molecule has 90 valence electrons. The summed E-state index contributed by atoms with van der Waals surface area (Å²) in [6.07, 6.45) is 5.73. The second kappa shape index (κ2) is 7.12. The van der Waals surface area contributed by atoms with E-state index in [4.69, 9.17) is 0 Å². The van der Waals surface area contributed by atoms with Crippen LogP contribution in [0.4, 0.5) is 4.39 Å². The van der Waals surface area contributed by atoms with Gasteiger partial charge in [0, 0.05) is 6.20 Å². The predicted molar refractivity (Wildman–Crippen MR) is 67.3 cm³/mol. The lowest BCUT2D eigenvalue weighted by molar-refractivity contribution is 0.750. The molecule has 0 unspecified atom stereocenters. The lowest BCUT2D eigenvalue weighted by atomic mass is 10.2. The van der Waals surface area contributed by atoms with Crippen LogP contribution < -0.4 is 6.15 Å².